The van der Waals surface area contributed by atoms with E-state index < -0.39 is 0 Å². The van der Waals surface area contributed by atoms with Crippen molar-refractivity contribution in [1.29, 1.82) is 0 Å². The van der Waals surface area contributed by atoms with Gasteiger partial charge in [-0.05, 0) is 79.6 Å². The van der Waals surface area contributed by atoms with Crippen molar-refractivity contribution in [3.05, 3.63) is 113 Å². The molecule has 31 heavy (non-hydrogen) atoms. The van der Waals surface area contributed by atoms with Crippen molar-refractivity contribution in [2.24, 2.45) is 5.16 Å². The van der Waals surface area contributed by atoms with Crippen LogP contribution in [0.4, 0.5) is 8.78 Å². The predicted molar refractivity (Wildman–Crippen MR) is 119 cm³/mol. The Kier molecular flexibility index (Phi) is 5.94. The third-order valence-corrected chi connectivity index (χ3v) is 5.14. The maximum Gasteiger partial charge on any atom is 0.142 e. The van der Waals surface area contributed by atoms with Crippen molar-refractivity contribution in [2.75, 3.05) is 0 Å². The molecule has 5 heteroatoms. The summed E-state index contributed by atoms with van der Waals surface area (Å²) in [5, 5.41) is 4.28. The van der Waals surface area contributed by atoms with Crippen LogP contribution < -0.4 is 0 Å². The summed E-state index contributed by atoms with van der Waals surface area (Å²) >= 11 is 0. The summed E-state index contributed by atoms with van der Waals surface area (Å²) in [5.74, 6) is -0.555. The molecular formula is C26H22F2N2O. The molecule has 4 aromatic rings. The molecule has 0 radical (unpaired) electrons. The van der Waals surface area contributed by atoms with Gasteiger partial charge in [0.25, 0.3) is 0 Å². The van der Waals surface area contributed by atoms with Crippen molar-refractivity contribution in [3.63, 3.8) is 0 Å². The summed E-state index contributed by atoms with van der Waals surface area (Å²) in [6.45, 7) is 4.16. The Hall–Kier alpha value is -3.73. The van der Waals surface area contributed by atoms with E-state index in [2.05, 4.69) is 9.72 Å². The van der Waals surface area contributed by atoms with E-state index in [1.165, 1.54) is 24.3 Å². The molecule has 0 N–H and O–H groups in total. The summed E-state index contributed by atoms with van der Waals surface area (Å²) in [6, 6.07) is 24.6. The van der Waals surface area contributed by atoms with Gasteiger partial charge in [-0.2, -0.15) is 0 Å². The van der Waals surface area contributed by atoms with Gasteiger partial charge in [-0.25, -0.2) is 8.78 Å². The molecule has 0 aliphatic carbocycles. The second kappa shape index (κ2) is 8.96. The molecule has 0 fully saturated rings. The molecule has 4 rings (SSSR count). The molecule has 0 aliphatic heterocycles. The van der Waals surface area contributed by atoms with E-state index in [1.807, 2.05) is 50.2 Å². The fraction of sp³-hybridized carbons (Fsp3) is 0.115. The van der Waals surface area contributed by atoms with Crippen molar-refractivity contribution in [3.8, 4) is 16.9 Å². The van der Waals surface area contributed by atoms with Gasteiger partial charge < -0.3 is 9.40 Å². The van der Waals surface area contributed by atoms with Crippen LogP contribution in [0.15, 0.2) is 90.1 Å². The zero-order valence-corrected chi connectivity index (χ0v) is 17.3. The number of nitrogens with zero attached hydrogens (tertiary/aromatic N) is 2. The highest BCUT2D eigenvalue weighted by Crippen LogP contribution is 2.30. The fourth-order valence-corrected chi connectivity index (χ4v) is 3.55. The number of hydrogen-bond acceptors (Lipinski definition) is 2. The molecule has 0 saturated heterocycles. The van der Waals surface area contributed by atoms with Crippen LogP contribution in [0.1, 0.15) is 23.7 Å². The monoisotopic (exact) mass is 416 g/mol. The maximum absolute atomic E-state index is 13.5. The van der Waals surface area contributed by atoms with E-state index in [1.54, 1.807) is 24.3 Å². The van der Waals surface area contributed by atoms with Gasteiger partial charge in [0.05, 0.1) is 11.4 Å². The Balaban J connectivity index is 1.69. The van der Waals surface area contributed by atoms with E-state index in [0.717, 1.165) is 39.5 Å². The van der Waals surface area contributed by atoms with Crippen LogP contribution in [0.2, 0.25) is 0 Å². The van der Waals surface area contributed by atoms with Crippen LogP contribution in [-0.4, -0.2) is 10.3 Å². The Bertz CT molecular complexity index is 1190. The van der Waals surface area contributed by atoms with Crippen molar-refractivity contribution >= 4 is 5.71 Å². The van der Waals surface area contributed by atoms with Crippen molar-refractivity contribution in [1.82, 2.24) is 4.57 Å². The molecule has 3 nitrogen and oxygen atoms in total. The van der Waals surface area contributed by atoms with Crippen LogP contribution in [-0.2, 0) is 11.4 Å². The van der Waals surface area contributed by atoms with Crippen LogP contribution in [0.3, 0.4) is 0 Å². The minimum atomic E-state index is -0.283. The molecule has 0 spiro atoms. The number of benzene rings is 3. The van der Waals surface area contributed by atoms with Crippen LogP contribution in [0.25, 0.3) is 16.9 Å². The number of oxime groups is 1. The van der Waals surface area contributed by atoms with Crippen molar-refractivity contribution in [2.45, 2.75) is 20.5 Å². The minimum absolute atomic E-state index is 0.251. The van der Waals surface area contributed by atoms with Gasteiger partial charge in [-0.3, -0.25) is 0 Å². The lowest BCUT2D eigenvalue weighted by molar-refractivity contribution is 0.130. The van der Waals surface area contributed by atoms with E-state index in [4.69, 9.17) is 4.84 Å². The Labute approximate surface area is 180 Å². The SMILES string of the molecule is CC(=NOCc1ccc(F)cc1)c1cc(-c2ccc(F)cc2)n(-c2ccccc2)c1C. The standard InChI is InChI=1S/C26H22F2N2O/c1-18(29-31-17-20-8-12-22(27)13-9-20)25-16-26(21-10-14-23(28)15-11-21)30(19(25)2)24-6-4-3-5-7-24/h3-16H,17H2,1-2H3. The second-order valence-corrected chi connectivity index (χ2v) is 7.28. The van der Waals surface area contributed by atoms with Gasteiger partial charge in [-0.1, -0.05) is 35.5 Å². The number of halogens is 2. The summed E-state index contributed by atoms with van der Waals surface area (Å²) in [6.07, 6.45) is 0. The quantitative estimate of drug-likeness (QED) is 0.255. The molecule has 0 aliphatic rings. The maximum atomic E-state index is 13.5. The highest BCUT2D eigenvalue weighted by molar-refractivity contribution is 6.01. The van der Waals surface area contributed by atoms with E-state index >= 15 is 0 Å². The molecule has 0 amide bonds. The lowest BCUT2D eigenvalue weighted by Crippen LogP contribution is -2.02. The number of aromatic nitrogens is 1. The zero-order valence-electron chi connectivity index (χ0n) is 17.3. The lowest BCUT2D eigenvalue weighted by Gasteiger charge is -2.12. The first-order valence-electron chi connectivity index (χ1n) is 9.98. The fourth-order valence-electron chi connectivity index (χ4n) is 3.55. The first-order valence-corrected chi connectivity index (χ1v) is 9.98. The minimum Gasteiger partial charge on any atom is -0.391 e. The summed E-state index contributed by atoms with van der Waals surface area (Å²) in [7, 11) is 0. The second-order valence-electron chi connectivity index (χ2n) is 7.28. The van der Waals surface area contributed by atoms with Gasteiger partial charge in [0.2, 0.25) is 0 Å². The molecule has 3 aromatic carbocycles. The summed E-state index contributed by atoms with van der Waals surface area (Å²) in [5.41, 5.74) is 6.33. The van der Waals surface area contributed by atoms with E-state index in [0.29, 0.717) is 0 Å². The molecule has 156 valence electrons. The van der Waals surface area contributed by atoms with Gasteiger partial charge >= 0.3 is 0 Å². The Morgan fingerprint density at radius 2 is 1.48 bits per heavy atom. The number of rotatable bonds is 6. The topological polar surface area (TPSA) is 26.5 Å². The molecule has 1 heterocycles. The molecule has 0 saturated carbocycles. The first kappa shape index (κ1) is 20.5. The van der Waals surface area contributed by atoms with Crippen molar-refractivity contribution < 1.29 is 13.6 Å². The highest BCUT2D eigenvalue weighted by Gasteiger charge is 2.17. The van der Waals surface area contributed by atoms with Gasteiger partial charge in [0.1, 0.15) is 18.2 Å². The molecular weight excluding hydrogens is 394 g/mol. The van der Waals surface area contributed by atoms with Gasteiger partial charge in [0, 0.05) is 16.9 Å². The molecule has 0 bridgehead atoms. The highest BCUT2D eigenvalue weighted by atomic mass is 19.1. The largest absolute Gasteiger partial charge is 0.391 e. The lowest BCUT2D eigenvalue weighted by atomic mass is 10.1. The molecule has 1 aromatic heterocycles. The third kappa shape index (κ3) is 4.56. The summed E-state index contributed by atoms with van der Waals surface area (Å²) < 4.78 is 28.7. The molecule has 0 atom stereocenters. The van der Waals surface area contributed by atoms with E-state index in [-0.39, 0.29) is 18.2 Å². The predicted octanol–water partition coefficient (Wildman–Crippen LogP) is 6.67. The van der Waals surface area contributed by atoms with Crippen LogP contribution >= 0.6 is 0 Å². The number of para-hydroxylation sites is 1. The zero-order chi connectivity index (χ0) is 21.8. The van der Waals surface area contributed by atoms with E-state index in [9.17, 15) is 8.78 Å². The Morgan fingerprint density at radius 1 is 0.871 bits per heavy atom. The average Bonchev–Trinajstić information content (AvgIpc) is 3.13. The van der Waals surface area contributed by atoms with Crippen LogP contribution in [0, 0.1) is 18.6 Å². The van der Waals surface area contributed by atoms with Gasteiger partial charge in [-0.15, -0.1) is 0 Å². The Morgan fingerprint density at radius 3 is 2.13 bits per heavy atom. The van der Waals surface area contributed by atoms with Crippen LogP contribution in [0.5, 0.6) is 0 Å². The normalized spacial score (nSPS) is 11.5. The molecule has 0 unspecified atom stereocenters. The number of hydrogen-bond donors (Lipinski definition) is 0. The third-order valence-electron chi connectivity index (χ3n) is 5.14. The van der Waals surface area contributed by atoms with Gasteiger partial charge in [0.15, 0.2) is 0 Å². The first-order chi connectivity index (χ1) is 15.0. The summed E-state index contributed by atoms with van der Waals surface area (Å²) in [4.78, 5) is 5.51. The average molecular weight is 416 g/mol. The smallest absolute Gasteiger partial charge is 0.142 e.